The molecular formula is C19H15ClF2N6O2S. The number of rotatable bonds is 8. The van der Waals surface area contributed by atoms with Crippen molar-refractivity contribution in [3.8, 4) is 5.75 Å². The molecule has 0 unspecified atom stereocenters. The van der Waals surface area contributed by atoms with Gasteiger partial charge in [-0.05, 0) is 30.3 Å². The molecule has 8 nitrogen and oxygen atoms in total. The van der Waals surface area contributed by atoms with Gasteiger partial charge >= 0.3 is 6.61 Å². The molecule has 0 atom stereocenters. The van der Waals surface area contributed by atoms with Gasteiger partial charge in [0.25, 0.3) is 0 Å². The molecule has 160 valence electrons. The van der Waals surface area contributed by atoms with E-state index in [4.69, 9.17) is 11.6 Å². The summed E-state index contributed by atoms with van der Waals surface area (Å²) in [4.78, 5) is 19.6. The second-order valence-electron chi connectivity index (χ2n) is 6.35. The maximum absolute atomic E-state index is 12.3. The first-order chi connectivity index (χ1) is 14.9. The quantitative estimate of drug-likeness (QED) is 0.376. The molecule has 31 heavy (non-hydrogen) atoms. The largest absolute Gasteiger partial charge is 0.435 e. The molecule has 0 bridgehead atoms. The summed E-state index contributed by atoms with van der Waals surface area (Å²) >= 11 is 7.27. The van der Waals surface area contributed by atoms with E-state index >= 15 is 0 Å². The number of nitrogens with one attached hydrogen (secondary N) is 2. The zero-order valence-electron chi connectivity index (χ0n) is 15.8. The van der Waals surface area contributed by atoms with Gasteiger partial charge in [0.1, 0.15) is 12.3 Å². The molecule has 0 saturated heterocycles. The summed E-state index contributed by atoms with van der Waals surface area (Å²) in [5.41, 5.74) is 2.47. The number of amides is 1. The van der Waals surface area contributed by atoms with Gasteiger partial charge in [-0.25, -0.2) is 9.67 Å². The van der Waals surface area contributed by atoms with Gasteiger partial charge in [0.05, 0.1) is 16.7 Å². The number of carbonyl (C=O) groups excluding carboxylic acids is 1. The Morgan fingerprint density at radius 2 is 2.16 bits per heavy atom. The van der Waals surface area contributed by atoms with Crippen LogP contribution in [0.1, 0.15) is 5.69 Å². The summed E-state index contributed by atoms with van der Waals surface area (Å²) < 4.78 is 30.5. The number of halogens is 3. The Kier molecular flexibility index (Phi) is 6.33. The smallest absolute Gasteiger partial charge is 0.387 e. The van der Waals surface area contributed by atoms with Crippen LogP contribution in [-0.4, -0.2) is 37.5 Å². The summed E-state index contributed by atoms with van der Waals surface area (Å²) in [6.45, 7) is -2.88. The summed E-state index contributed by atoms with van der Waals surface area (Å²) in [5, 5.41) is 11.9. The first kappa shape index (κ1) is 21.1. The highest BCUT2D eigenvalue weighted by Crippen LogP contribution is 2.25. The minimum atomic E-state index is -2.88. The predicted octanol–water partition coefficient (Wildman–Crippen LogP) is 4.34. The number of aromatic amines is 1. The molecule has 0 radical (unpaired) electrons. The maximum atomic E-state index is 12.3. The topological polar surface area (TPSA) is 97.7 Å². The van der Waals surface area contributed by atoms with E-state index < -0.39 is 6.61 Å². The molecule has 1 amide bonds. The zero-order chi connectivity index (χ0) is 21.8. The third-order valence-corrected chi connectivity index (χ3v) is 5.16. The van der Waals surface area contributed by atoms with Crippen molar-refractivity contribution in [2.24, 2.45) is 0 Å². The van der Waals surface area contributed by atoms with Gasteiger partial charge in [-0.1, -0.05) is 34.6 Å². The van der Waals surface area contributed by atoms with E-state index in [9.17, 15) is 13.6 Å². The fourth-order valence-corrected chi connectivity index (χ4v) is 3.70. The van der Waals surface area contributed by atoms with Crippen molar-refractivity contribution in [1.29, 1.82) is 0 Å². The average molecular weight is 465 g/mol. The lowest BCUT2D eigenvalue weighted by molar-refractivity contribution is -0.116. The number of fused-ring (bicyclic) bond motifs is 1. The number of alkyl halides is 2. The van der Waals surface area contributed by atoms with Gasteiger partial charge in [0, 0.05) is 28.7 Å². The third kappa shape index (κ3) is 5.70. The molecule has 2 aromatic carbocycles. The molecule has 2 N–H and O–H groups in total. The van der Waals surface area contributed by atoms with Gasteiger partial charge in [0.15, 0.2) is 5.16 Å². The fourth-order valence-electron chi connectivity index (χ4n) is 2.75. The van der Waals surface area contributed by atoms with Crippen molar-refractivity contribution >= 4 is 46.0 Å². The van der Waals surface area contributed by atoms with E-state index in [-0.39, 0.29) is 18.2 Å². The van der Waals surface area contributed by atoms with Crippen LogP contribution in [0.25, 0.3) is 11.0 Å². The Hall–Kier alpha value is -3.18. The molecule has 2 heterocycles. The number of hydrogen-bond donors (Lipinski definition) is 2. The van der Waals surface area contributed by atoms with Crippen LogP contribution in [0.3, 0.4) is 0 Å². The number of nitrogens with zero attached hydrogens (tertiary/aromatic N) is 4. The van der Waals surface area contributed by atoms with Crippen LogP contribution < -0.4 is 10.1 Å². The lowest BCUT2D eigenvalue weighted by Gasteiger charge is -2.05. The lowest BCUT2D eigenvalue weighted by Crippen LogP contribution is -2.19. The van der Waals surface area contributed by atoms with Crippen LogP contribution in [0.5, 0.6) is 5.75 Å². The van der Waals surface area contributed by atoms with E-state index in [1.54, 1.807) is 36.5 Å². The molecule has 12 heteroatoms. The second kappa shape index (κ2) is 9.31. The fraction of sp³-hybridized carbons (Fsp3) is 0.158. The van der Waals surface area contributed by atoms with Crippen LogP contribution in [0, 0.1) is 0 Å². The van der Waals surface area contributed by atoms with Gasteiger partial charge in [-0.2, -0.15) is 8.78 Å². The van der Waals surface area contributed by atoms with Gasteiger partial charge < -0.3 is 15.0 Å². The molecule has 4 rings (SSSR count). The number of anilines is 1. The monoisotopic (exact) mass is 464 g/mol. The number of benzene rings is 2. The first-order valence-electron chi connectivity index (χ1n) is 8.96. The first-order valence-corrected chi connectivity index (χ1v) is 10.3. The highest BCUT2D eigenvalue weighted by molar-refractivity contribution is 7.98. The Bertz CT molecular complexity index is 1220. The Balaban J connectivity index is 1.33. The van der Waals surface area contributed by atoms with Crippen molar-refractivity contribution in [3.05, 3.63) is 59.4 Å². The third-order valence-electron chi connectivity index (χ3n) is 4.01. The number of hydrogen-bond acceptors (Lipinski definition) is 6. The molecule has 0 spiro atoms. The molecular weight excluding hydrogens is 450 g/mol. The minimum absolute atomic E-state index is 0.00172. The van der Waals surface area contributed by atoms with Crippen molar-refractivity contribution in [2.75, 3.05) is 5.32 Å². The SMILES string of the molecule is O=C(Cn1cc(CSc2nc3ccc(OC(F)F)cc3[nH]2)nn1)Nc1cccc(Cl)c1. The average Bonchev–Trinajstić information content (AvgIpc) is 3.31. The van der Waals surface area contributed by atoms with E-state index in [0.29, 0.717) is 38.3 Å². The highest BCUT2D eigenvalue weighted by Gasteiger charge is 2.11. The van der Waals surface area contributed by atoms with Crippen molar-refractivity contribution in [1.82, 2.24) is 25.0 Å². The molecule has 0 aliphatic rings. The standard InChI is InChI=1S/C19H15ClF2N6O2S/c20-11-2-1-3-12(6-11)23-17(29)9-28-8-13(26-27-28)10-31-19-24-15-5-4-14(30-18(21)22)7-16(15)25-19/h1-8,18H,9-10H2,(H,23,29)(H,24,25). The number of aromatic nitrogens is 5. The van der Waals surface area contributed by atoms with E-state index in [1.807, 2.05) is 0 Å². The Morgan fingerprint density at radius 1 is 1.29 bits per heavy atom. The summed E-state index contributed by atoms with van der Waals surface area (Å²) in [6, 6.07) is 11.4. The number of ether oxygens (including phenoxy) is 1. The lowest BCUT2D eigenvalue weighted by atomic mass is 10.3. The molecule has 0 aliphatic carbocycles. The van der Waals surface area contributed by atoms with Crippen molar-refractivity contribution < 1.29 is 18.3 Å². The Morgan fingerprint density at radius 3 is 2.97 bits per heavy atom. The summed E-state index contributed by atoms with van der Waals surface area (Å²) in [7, 11) is 0. The predicted molar refractivity (Wildman–Crippen MR) is 112 cm³/mol. The molecule has 2 aromatic heterocycles. The van der Waals surface area contributed by atoms with E-state index in [0.717, 1.165) is 0 Å². The zero-order valence-corrected chi connectivity index (χ0v) is 17.3. The van der Waals surface area contributed by atoms with Crippen LogP contribution in [0.4, 0.5) is 14.5 Å². The van der Waals surface area contributed by atoms with Gasteiger partial charge in [-0.15, -0.1) is 5.10 Å². The van der Waals surface area contributed by atoms with Crippen molar-refractivity contribution in [3.63, 3.8) is 0 Å². The summed E-state index contributed by atoms with van der Waals surface area (Å²) in [6.07, 6.45) is 1.67. The van der Waals surface area contributed by atoms with Crippen molar-refractivity contribution in [2.45, 2.75) is 24.1 Å². The van der Waals surface area contributed by atoms with E-state index in [1.165, 1.54) is 28.6 Å². The number of thioether (sulfide) groups is 1. The van der Waals surface area contributed by atoms with Gasteiger partial charge in [0.2, 0.25) is 5.91 Å². The minimum Gasteiger partial charge on any atom is -0.435 e. The molecule has 0 saturated carbocycles. The highest BCUT2D eigenvalue weighted by atomic mass is 35.5. The molecule has 0 fully saturated rings. The second-order valence-corrected chi connectivity index (χ2v) is 7.75. The van der Waals surface area contributed by atoms with Crippen LogP contribution in [-0.2, 0) is 17.1 Å². The van der Waals surface area contributed by atoms with Crippen LogP contribution in [0.15, 0.2) is 53.8 Å². The number of imidazole rings is 1. The molecule has 4 aromatic rings. The number of H-pyrrole nitrogens is 1. The van der Waals surface area contributed by atoms with Gasteiger partial charge in [-0.3, -0.25) is 4.79 Å². The van der Waals surface area contributed by atoms with Crippen LogP contribution >= 0.6 is 23.4 Å². The normalized spacial score (nSPS) is 11.2. The Labute approximate surface area is 183 Å². The number of carbonyl (C=O) groups is 1. The molecule has 0 aliphatic heterocycles. The summed E-state index contributed by atoms with van der Waals surface area (Å²) in [5.74, 6) is 0.253. The van der Waals surface area contributed by atoms with E-state index in [2.05, 4.69) is 30.3 Å². The maximum Gasteiger partial charge on any atom is 0.387 e. The van der Waals surface area contributed by atoms with Crippen LogP contribution in [0.2, 0.25) is 5.02 Å².